The van der Waals surface area contributed by atoms with E-state index in [0.29, 0.717) is 11.2 Å². The van der Waals surface area contributed by atoms with Gasteiger partial charge in [-0.3, -0.25) is 4.57 Å². The Morgan fingerprint density at radius 1 is 1.30 bits per heavy atom. The van der Waals surface area contributed by atoms with Crippen LogP contribution in [0.5, 0.6) is 0 Å². The van der Waals surface area contributed by atoms with Crippen LogP contribution in [-0.2, 0) is 9.26 Å². The lowest BCUT2D eigenvalue weighted by atomic mass is 10.1. The zero-order valence-corrected chi connectivity index (χ0v) is 13.0. The van der Waals surface area contributed by atoms with Crippen LogP contribution in [0.4, 0.5) is 5.82 Å². The zero-order valence-electron chi connectivity index (χ0n) is 12.1. The lowest BCUT2D eigenvalue weighted by molar-refractivity contribution is -0.0494. The van der Waals surface area contributed by atoms with Gasteiger partial charge in [-0.2, -0.15) is 14.3 Å². The van der Waals surface area contributed by atoms with Crippen LogP contribution < -0.4 is 5.73 Å². The number of rotatable bonds is 4. The summed E-state index contributed by atoms with van der Waals surface area (Å²) in [7, 11) is -3.47. The lowest BCUT2D eigenvalue weighted by Gasteiger charge is -2.16. The standard InChI is InChI=1S/C11H17N5O6P/c1-23(19,20)21-2-5-7(17)8(18)11(22-5)16-4-15-6-9(12)13-3-14-10(6)16/h3-5,7-8,11,17-20H,2H2,1H3,(H2,12,13,14)/q+1/t5-,7-,8-,11-/m1/s1. The van der Waals surface area contributed by atoms with Crippen molar-refractivity contribution in [1.82, 2.24) is 19.5 Å². The summed E-state index contributed by atoms with van der Waals surface area (Å²) in [6.07, 6.45) is -1.84. The number of aromatic nitrogens is 4. The first kappa shape index (κ1) is 16.4. The maximum absolute atomic E-state index is 10.2. The molecule has 0 spiro atoms. The van der Waals surface area contributed by atoms with Gasteiger partial charge in [0.1, 0.15) is 43.4 Å². The van der Waals surface area contributed by atoms with E-state index >= 15 is 0 Å². The van der Waals surface area contributed by atoms with Gasteiger partial charge in [0.15, 0.2) is 17.7 Å². The largest absolute Gasteiger partial charge is 0.403 e. The molecule has 1 aliphatic rings. The number of nitrogens with zero attached hydrogens (tertiary/aromatic N) is 4. The maximum atomic E-state index is 10.2. The molecule has 4 atom stereocenters. The molecule has 1 aliphatic heterocycles. The Kier molecular flexibility index (Phi) is 4.19. The fourth-order valence-electron chi connectivity index (χ4n) is 2.37. The predicted octanol–water partition coefficient (Wildman–Crippen LogP) is -1.58. The van der Waals surface area contributed by atoms with Crippen LogP contribution in [0.3, 0.4) is 0 Å². The summed E-state index contributed by atoms with van der Waals surface area (Å²) in [5.74, 6) is 0.183. The molecule has 0 aromatic carbocycles. The Balaban J connectivity index is 1.84. The van der Waals surface area contributed by atoms with E-state index in [4.69, 9.17) is 15.0 Å². The minimum Gasteiger partial charge on any atom is -0.387 e. The summed E-state index contributed by atoms with van der Waals surface area (Å²) in [6, 6.07) is 0. The summed E-state index contributed by atoms with van der Waals surface area (Å²) < 4.78 is 11.9. The average molecular weight is 346 g/mol. The van der Waals surface area contributed by atoms with Crippen molar-refractivity contribution in [3.63, 3.8) is 0 Å². The number of hydrogen-bond acceptors (Lipinski definition) is 10. The molecule has 1 fully saturated rings. The van der Waals surface area contributed by atoms with Gasteiger partial charge in [0.05, 0.1) is 6.33 Å². The Labute approximate surface area is 130 Å². The molecule has 12 heteroatoms. The van der Waals surface area contributed by atoms with Gasteiger partial charge in [-0.25, -0.2) is 15.0 Å². The van der Waals surface area contributed by atoms with Crippen molar-refractivity contribution >= 4 is 24.9 Å². The molecule has 6 N–H and O–H groups in total. The SMILES string of the molecule is C[P+](O)(O)OC[C@H]1O[C@@H](n2cnc3c(N)ncnc32)[C@H](O)[C@@H]1O. The number of hydrogen-bond donors (Lipinski definition) is 5. The van der Waals surface area contributed by atoms with E-state index in [0.717, 1.165) is 6.66 Å². The van der Waals surface area contributed by atoms with Gasteiger partial charge in [0.2, 0.25) is 0 Å². The molecular weight excluding hydrogens is 329 g/mol. The van der Waals surface area contributed by atoms with E-state index in [1.807, 2.05) is 0 Å². The van der Waals surface area contributed by atoms with Crippen LogP contribution >= 0.6 is 7.94 Å². The van der Waals surface area contributed by atoms with Gasteiger partial charge in [-0.05, 0) is 0 Å². The summed E-state index contributed by atoms with van der Waals surface area (Å²) >= 11 is 0. The normalized spacial score (nSPS) is 28.6. The molecule has 1 saturated heterocycles. The first-order chi connectivity index (χ1) is 10.8. The number of nitrogens with two attached hydrogens (primary N) is 1. The molecule has 2 aromatic rings. The fourth-order valence-corrected chi connectivity index (χ4v) is 2.80. The molecule has 0 unspecified atom stereocenters. The minimum atomic E-state index is -3.47. The van der Waals surface area contributed by atoms with Crippen LogP contribution in [-0.4, -0.2) is 71.1 Å². The van der Waals surface area contributed by atoms with Crippen molar-refractivity contribution in [3.8, 4) is 0 Å². The smallest absolute Gasteiger partial charge is 0.387 e. The second-order valence-corrected chi connectivity index (χ2v) is 7.19. The van der Waals surface area contributed by atoms with Gasteiger partial charge in [0, 0.05) is 0 Å². The van der Waals surface area contributed by atoms with Crippen LogP contribution in [0.25, 0.3) is 11.2 Å². The summed E-state index contributed by atoms with van der Waals surface area (Å²) in [5, 5.41) is 20.2. The summed E-state index contributed by atoms with van der Waals surface area (Å²) in [4.78, 5) is 30.4. The average Bonchev–Trinajstić information content (AvgIpc) is 3.01. The number of anilines is 1. The number of ether oxygens (including phenoxy) is 1. The maximum Gasteiger partial charge on any atom is 0.403 e. The number of aliphatic hydroxyl groups is 2. The van der Waals surface area contributed by atoms with Crippen LogP contribution in [0.2, 0.25) is 0 Å². The molecule has 0 radical (unpaired) electrons. The van der Waals surface area contributed by atoms with Crippen LogP contribution in [0.15, 0.2) is 12.7 Å². The highest BCUT2D eigenvalue weighted by atomic mass is 31.2. The van der Waals surface area contributed by atoms with E-state index in [1.54, 1.807) is 0 Å². The van der Waals surface area contributed by atoms with Crippen LogP contribution in [0, 0.1) is 0 Å². The second-order valence-electron chi connectivity index (χ2n) is 5.26. The fraction of sp³-hybridized carbons (Fsp3) is 0.545. The number of nitrogen functional groups attached to an aromatic ring is 1. The topological polar surface area (TPSA) is 169 Å². The molecule has 3 heterocycles. The molecule has 0 aliphatic carbocycles. The summed E-state index contributed by atoms with van der Waals surface area (Å²) in [5.41, 5.74) is 6.39. The Bertz CT molecular complexity index is 706. The van der Waals surface area contributed by atoms with E-state index in [2.05, 4.69) is 15.0 Å². The third-order valence-corrected chi connectivity index (χ3v) is 4.12. The van der Waals surface area contributed by atoms with Gasteiger partial charge in [-0.15, -0.1) is 0 Å². The first-order valence-corrected chi connectivity index (χ1v) is 8.75. The monoisotopic (exact) mass is 346 g/mol. The quantitative estimate of drug-likeness (QED) is 0.407. The Hall–Kier alpha value is -1.46. The highest BCUT2D eigenvalue weighted by Crippen LogP contribution is 2.47. The zero-order chi connectivity index (χ0) is 16.8. The number of fused-ring (bicyclic) bond motifs is 1. The molecule has 0 bridgehead atoms. The molecule has 126 valence electrons. The predicted molar refractivity (Wildman–Crippen MR) is 78.9 cm³/mol. The Morgan fingerprint density at radius 2 is 2.04 bits per heavy atom. The highest BCUT2D eigenvalue weighted by molar-refractivity contribution is 7.58. The molecule has 3 rings (SSSR count). The van der Waals surface area contributed by atoms with Crippen LogP contribution in [0.1, 0.15) is 6.23 Å². The van der Waals surface area contributed by atoms with Crippen molar-refractivity contribution in [1.29, 1.82) is 0 Å². The number of aliphatic hydroxyl groups excluding tert-OH is 2. The van der Waals surface area contributed by atoms with E-state index in [1.165, 1.54) is 17.2 Å². The molecule has 2 aromatic heterocycles. The van der Waals surface area contributed by atoms with Gasteiger partial charge < -0.3 is 20.7 Å². The highest BCUT2D eigenvalue weighted by Gasteiger charge is 2.46. The third kappa shape index (κ3) is 3.12. The lowest BCUT2D eigenvalue weighted by Crippen LogP contribution is -2.33. The molecule has 23 heavy (non-hydrogen) atoms. The Morgan fingerprint density at radius 3 is 2.74 bits per heavy atom. The summed E-state index contributed by atoms with van der Waals surface area (Å²) in [6.45, 7) is 0.848. The van der Waals surface area contributed by atoms with Crippen molar-refractivity contribution in [2.75, 3.05) is 19.0 Å². The first-order valence-electron chi connectivity index (χ1n) is 6.69. The second kappa shape index (κ2) is 5.87. The van der Waals surface area contributed by atoms with Gasteiger partial charge in [-0.1, -0.05) is 0 Å². The van der Waals surface area contributed by atoms with Gasteiger partial charge >= 0.3 is 7.94 Å². The number of imidazole rings is 1. The van der Waals surface area contributed by atoms with E-state index < -0.39 is 32.5 Å². The minimum absolute atomic E-state index is 0.183. The molecule has 11 nitrogen and oxygen atoms in total. The van der Waals surface area contributed by atoms with E-state index in [9.17, 15) is 20.0 Å². The van der Waals surface area contributed by atoms with Crippen molar-refractivity contribution in [2.24, 2.45) is 0 Å². The van der Waals surface area contributed by atoms with E-state index in [-0.39, 0.29) is 12.4 Å². The van der Waals surface area contributed by atoms with Crippen molar-refractivity contribution < 1.29 is 29.3 Å². The van der Waals surface area contributed by atoms with Crippen molar-refractivity contribution in [2.45, 2.75) is 24.5 Å². The molecular formula is C11H17N5O6P+. The third-order valence-electron chi connectivity index (χ3n) is 3.48. The van der Waals surface area contributed by atoms with Gasteiger partial charge in [0.25, 0.3) is 0 Å². The van der Waals surface area contributed by atoms with Crippen molar-refractivity contribution in [3.05, 3.63) is 12.7 Å². The molecule has 0 saturated carbocycles. The molecule has 0 amide bonds.